The molecule has 106 valence electrons. The second-order valence-electron chi connectivity index (χ2n) is 6.08. The van der Waals surface area contributed by atoms with Gasteiger partial charge in [-0.25, -0.2) is 0 Å². The van der Waals surface area contributed by atoms with E-state index < -0.39 is 0 Å². The average molecular weight is 268 g/mol. The Hall–Kier alpha value is -1.54. The van der Waals surface area contributed by atoms with Gasteiger partial charge in [-0.15, -0.1) is 0 Å². The van der Waals surface area contributed by atoms with Crippen molar-refractivity contribution in [3.63, 3.8) is 0 Å². The molecule has 3 rings (SSSR count). The number of hydrogen-bond donors (Lipinski definition) is 1. The maximum absolute atomic E-state index is 6.24. The first-order chi connectivity index (χ1) is 9.65. The van der Waals surface area contributed by atoms with Crippen molar-refractivity contribution in [1.82, 2.24) is 4.57 Å². The molecule has 1 heterocycles. The molecule has 0 bridgehead atoms. The smallest absolute Gasteiger partial charge is 0.0313 e. The highest BCUT2D eigenvalue weighted by molar-refractivity contribution is 5.33. The van der Waals surface area contributed by atoms with Crippen molar-refractivity contribution in [2.45, 2.75) is 52.1 Å². The van der Waals surface area contributed by atoms with Crippen molar-refractivity contribution in [1.29, 1.82) is 0 Å². The molecule has 0 saturated heterocycles. The summed E-state index contributed by atoms with van der Waals surface area (Å²) in [5.41, 5.74) is 13.2. The molecule has 0 fully saturated rings. The van der Waals surface area contributed by atoms with Crippen LogP contribution in [0.3, 0.4) is 0 Å². The van der Waals surface area contributed by atoms with Gasteiger partial charge in [0.25, 0.3) is 0 Å². The Kier molecular flexibility index (Phi) is 3.66. The van der Waals surface area contributed by atoms with E-state index in [1.54, 1.807) is 0 Å². The Morgan fingerprint density at radius 2 is 2.10 bits per heavy atom. The fourth-order valence-corrected chi connectivity index (χ4v) is 3.42. The molecule has 20 heavy (non-hydrogen) atoms. The second-order valence-corrected chi connectivity index (χ2v) is 6.08. The highest BCUT2D eigenvalue weighted by Gasteiger charge is 2.21. The lowest BCUT2D eigenvalue weighted by molar-refractivity contribution is 0.536. The van der Waals surface area contributed by atoms with E-state index in [-0.39, 0.29) is 6.04 Å². The predicted molar refractivity (Wildman–Crippen MR) is 83.9 cm³/mol. The summed E-state index contributed by atoms with van der Waals surface area (Å²) in [6, 6.07) is 11.4. The molecule has 0 amide bonds. The number of nitrogens with two attached hydrogens (primary N) is 1. The zero-order chi connectivity index (χ0) is 14.1. The first kappa shape index (κ1) is 13.4. The quantitative estimate of drug-likeness (QED) is 0.904. The molecule has 1 unspecified atom stereocenters. The first-order valence-electron chi connectivity index (χ1n) is 7.65. The largest absolute Gasteiger partial charge is 0.348 e. The normalized spacial score (nSPS) is 18.1. The van der Waals surface area contributed by atoms with Crippen LogP contribution in [0.1, 0.15) is 47.0 Å². The lowest BCUT2D eigenvalue weighted by atomic mass is 9.93. The van der Waals surface area contributed by atoms with Gasteiger partial charge in [0.15, 0.2) is 0 Å². The van der Waals surface area contributed by atoms with E-state index in [4.69, 9.17) is 5.73 Å². The van der Waals surface area contributed by atoms with E-state index in [2.05, 4.69) is 48.7 Å². The van der Waals surface area contributed by atoms with Crippen LogP contribution in [-0.4, -0.2) is 4.57 Å². The van der Waals surface area contributed by atoms with Crippen LogP contribution in [-0.2, 0) is 19.4 Å². The number of benzene rings is 1. The van der Waals surface area contributed by atoms with Gasteiger partial charge >= 0.3 is 0 Å². The zero-order valence-corrected chi connectivity index (χ0v) is 12.5. The molecule has 0 aliphatic heterocycles. The van der Waals surface area contributed by atoms with Crippen LogP contribution < -0.4 is 5.73 Å². The van der Waals surface area contributed by atoms with E-state index in [1.165, 1.54) is 40.9 Å². The molecule has 0 radical (unpaired) electrons. The minimum Gasteiger partial charge on any atom is -0.348 e. The van der Waals surface area contributed by atoms with Crippen LogP contribution in [0.2, 0.25) is 0 Å². The minimum absolute atomic E-state index is 0.248. The SMILES string of the molecule is Cc1cccc(CCn2c(C)cc3c2CCCC3N)c1. The van der Waals surface area contributed by atoms with E-state index >= 15 is 0 Å². The molecule has 0 saturated carbocycles. The third-order valence-electron chi connectivity index (χ3n) is 4.48. The fraction of sp³-hybridized carbons (Fsp3) is 0.444. The maximum Gasteiger partial charge on any atom is 0.0313 e. The Balaban J connectivity index is 1.81. The molecular formula is C18H24N2. The van der Waals surface area contributed by atoms with Gasteiger partial charge in [-0.1, -0.05) is 29.8 Å². The fourth-order valence-electron chi connectivity index (χ4n) is 3.42. The molecule has 2 nitrogen and oxygen atoms in total. The third-order valence-corrected chi connectivity index (χ3v) is 4.48. The minimum atomic E-state index is 0.248. The van der Waals surface area contributed by atoms with E-state index in [1.807, 2.05) is 0 Å². The molecule has 2 aromatic rings. The van der Waals surface area contributed by atoms with Gasteiger partial charge in [-0.3, -0.25) is 0 Å². The zero-order valence-electron chi connectivity index (χ0n) is 12.5. The average Bonchev–Trinajstić information content (AvgIpc) is 2.74. The van der Waals surface area contributed by atoms with Crippen LogP contribution in [0.25, 0.3) is 0 Å². The molecule has 0 spiro atoms. The highest BCUT2D eigenvalue weighted by atomic mass is 15.0. The van der Waals surface area contributed by atoms with Crippen LogP contribution in [0.5, 0.6) is 0 Å². The number of hydrogen-bond acceptors (Lipinski definition) is 1. The molecule has 2 N–H and O–H groups in total. The lowest BCUT2D eigenvalue weighted by Gasteiger charge is -2.21. The van der Waals surface area contributed by atoms with Crippen molar-refractivity contribution in [3.05, 3.63) is 58.4 Å². The van der Waals surface area contributed by atoms with Crippen molar-refractivity contribution < 1.29 is 0 Å². The Morgan fingerprint density at radius 1 is 1.25 bits per heavy atom. The van der Waals surface area contributed by atoms with E-state index in [9.17, 15) is 0 Å². The van der Waals surface area contributed by atoms with E-state index in [0.717, 1.165) is 19.4 Å². The van der Waals surface area contributed by atoms with Gasteiger partial charge in [0.1, 0.15) is 0 Å². The number of nitrogens with zero attached hydrogens (tertiary/aromatic N) is 1. The lowest BCUT2D eigenvalue weighted by Crippen LogP contribution is -2.18. The van der Waals surface area contributed by atoms with Gasteiger partial charge in [0.2, 0.25) is 0 Å². The Bertz CT molecular complexity index is 610. The molecule has 1 atom stereocenters. The van der Waals surface area contributed by atoms with Crippen molar-refractivity contribution in [2.75, 3.05) is 0 Å². The summed E-state index contributed by atoms with van der Waals surface area (Å²) >= 11 is 0. The summed E-state index contributed by atoms with van der Waals surface area (Å²) in [6.45, 7) is 5.43. The maximum atomic E-state index is 6.24. The Morgan fingerprint density at radius 3 is 2.90 bits per heavy atom. The highest BCUT2D eigenvalue weighted by Crippen LogP contribution is 2.30. The second kappa shape index (κ2) is 5.45. The van der Waals surface area contributed by atoms with Crippen molar-refractivity contribution in [2.24, 2.45) is 5.73 Å². The summed E-state index contributed by atoms with van der Waals surface area (Å²) in [4.78, 5) is 0. The van der Waals surface area contributed by atoms with Crippen LogP contribution in [0.4, 0.5) is 0 Å². The van der Waals surface area contributed by atoms with Gasteiger partial charge in [-0.2, -0.15) is 0 Å². The molecule has 1 aliphatic carbocycles. The summed E-state index contributed by atoms with van der Waals surface area (Å²) in [7, 11) is 0. The topological polar surface area (TPSA) is 30.9 Å². The number of aryl methyl sites for hydroxylation is 3. The number of aromatic nitrogens is 1. The standard InChI is InChI=1S/C18H24N2/c1-13-5-3-6-15(11-13)9-10-20-14(2)12-16-17(19)7-4-8-18(16)20/h3,5-6,11-12,17H,4,7-10,19H2,1-2H3. The van der Waals surface area contributed by atoms with Crippen LogP contribution >= 0.6 is 0 Å². The molecule has 1 aliphatic rings. The molecule has 1 aromatic heterocycles. The van der Waals surface area contributed by atoms with E-state index in [0.29, 0.717) is 0 Å². The first-order valence-corrected chi connectivity index (χ1v) is 7.65. The molecule has 1 aromatic carbocycles. The van der Waals surface area contributed by atoms with Crippen molar-refractivity contribution in [3.8, 4) is 0 Å². The van der Waals surface area contributed by atoms with Gasteiger partial charge in [0, 0.05) is 24.0 Å². The van der Waals surface area contributed by atoms with Gasteiger partial charge in [-0.05, 0) is 56.7 Å². The molecular weight excluding hydrogens is 244 g/mol. The number of fused-ring (bicyclic) bond motifs is 1. The van der Waals surface area contributed by atoms with Gasteiger partial charge in [0.05, 0.1) is 0 Å². The summed E-state index contributed by atoms with van der Waals surface area (Å²) < 4.78 is 2.48. The van der Waals surface area contributed by atoms with Crippen LogP contribution in [0.15, 0.2) is 30.3 Å². The number of rotatable bonds is 3. The summed E-state index contributed by atoms with van der Waals surface area (Å²) in [6.07, 6.45) is 4.64. The molecule has 2 heteroatoms. The van der Waals surface area contributed by atoms with Crippen molar-refractivity contribution >= 4 is 0 Å². The van der Waals surface area contributed by atoms with Crippen LogP contribution in [0, 0.1) is 13.8 Å². The van der Waals surface area contributed by atoms with Gasteiger partial charge < -0.3 is 10.3 Å². The Labute approximate surface area is 121 Å². The predicted octanol–water partition coefficient (Wildman–Crippen LogP) is 3.68. The monoisotopic (exact) mass is 268 g/mol. The third kappa shape index (κ3) is 2.53. The summed E-state index contributed by atoms with van der Waals surface area (Å²) in [5, 5.41) is 0. The summed E-state index contributed by atoms with van der Waals surface area (Å²) in [5.74, 6) is 0.